The number of carbonyl (C=O) groups is 1. The van der Waals surface area contributed by atoms with Gasteiger partial charge in [0.05, 0.1) is 27.8 Å². The predicted octanol–water partition coefficient (Wildman–Crippen LogP) is 3.79. The van der Waals surface area contributed by atoms with Gasteiger partial charge in [0.2, 0.25) is 0 Å². The van der Waals surface area contributed by atoms with Gasteiger partial charge >= 0.3 is 0 Å². The SMILES string of the molecule is CCCCNC(=O)c1cc(Cn2nc(C)c(Cl)c2C)cs1. The maximum atomic E-state index is 12.0. The minimum atomic E-state index is 0.00565. The van der Waals surface area contributed by atoms with Crippen LogP contribution in [0, 0.1) is 13.8 Å². The second-order valence-electron chi connectivity index (χ2n) is 5.07. The van der Waals surface area contributed by atoms with Crippen LogP contribution in [0.3, 0.4) is 0 Å². The molecule has 0 bridgehead atoms. The Kier molecular flexibility index (Phi) is 5.42. The Bertz CT molecular complexity index is 633. The van der Waals surface area contributed by atoms with E-state index in [9.17, 15) is 4.79 Å². The second kappa shape index (κ2) is 7.09. The molecule has 0 spiro atoms. The molecule has 0 aliphatic rings. The molecule has 2 aromatic heterocycles. The smallest absolute Gasteiger partial charge is 0.261 e. The number of halogens is 1. The molecule has 0 unspecified atom stereocenters. The molecule has 114 valence electrons. The fraction of sp³-hybridized carbons (Fsp3) is 0.467. The fourth-order valence-corrected chi connectivity index (χ4v) is 3.00. The van der Waals surface area contributed by atoms with Crippen LogP contribution in [0.15, 0.2) is 11.4 Å². The van der Waals surface area contributed by atoms with E-state index in [1.165, 1.54) is 11.3 Å². The Labute approximate surface area is 134 Å². The highest BCUT2D eigenvalue weighted by Gasteiger charge is 2.12. The summed E-state index contributed by atoms with van der Waals surface area (Å²) in [6.45, 7) is 7.32. The molecule has 21 heavy (non-hydrogen) atoms. The molecule has 0 saturated heterocycles. The molecule has 0 aliphatic carbocycles. The predicted molar refractivity (Wildman–Crippen MR) is 87.4 cm³/mol. The highest BCUT2D eigenvalue weighted by atomic mass is 35.5. The molecule has 6 heteroatoms. The third-order valence-corrected chi connectivity index (χ3v) is 4.84. The molecule has 0 aliphatic heterocycles. The lowest BCUT2D eigenvalue weighted by Gasteiger charge is -2.02. The first-order valence-corrected chi connectivity index (χ1v) is 8.33. The van der Waals surface area contributed by atoms with E-state index >= 15 is 0 Å². The van der Waals surface area contributed by atoms with Crippen molar-refractivity contribution in [3.8, 4) is 0 Å². The first kappa shape index (κ1) is 16.0. The van der Waals surface area contributed by atoms with E-state index in [4.69, 9.17) is 11.6 Å². The summed E-state index contributed by atoms with van der Waals surface area (Å²) in [6, 6.07) is 1.93. The molecule has 0 saturated carbocycles. The monoisotopic (exact) mass is 325 g/mol. The largest absolute Gasteiger partial charge is 0.351 e. The number of nitrogens with one attached hydrogen (secondary N) is 1. The van der Waals surface area contributed by atoms with Crippen molar-refractivity contribution in [2.75, 3.05) is 6.54 Å². The summed E-state index contributed by atoms with van der Waals surface area (Å²) in [7, 11) is 0. The summed E-state index contributed by atoms with van der Waals surface area (Å²) in [4.78, 5) is 12.7. The van der Waals surface area contributed by atoms with Crippen molar-refractivity contribution in [3.63, 3.8) is 0 Å². The van der Waals surface area contributed by atoms with Crippen molar-refractivity contribution in [1.82, 2.24) is 15.1 Å². The van der Waals surface area contributed by atoms with Crippen molar-refractivity contribution in [1.29, 1.82) is 0 Å². The third-order valence-electron chi connectivity index (χ3n) is 3.32. The maximum absolute atomic E-state index is 12.0. The van der Waals surface area contributed by atoms with E-state index < -0.39 is 0 Å². The van der Waals surface area contributed by atoms with Crippen LogP contribution in [0.5, 0.6) is 0 Å². The van der Waals surface area contributed by atoms with Gasteiger partial charge in [-0.2, -0.15) is 5.10 Å². The Morgan fingerprint density at radius 2 is 2.24 bits per heavy atom. The molecule has 4 nitrogen and oxygen atoms in total. The van der Waals surface area contributed by atoms with Gasteiger partial charge in [0, 0.05) is 6.54 Å². The quantitative estimate of drug-likeness (QED) is 0.821. The number of rotatable bonds is 6. The van der Waals surface area contributed by atoms with Gasteiger partial charge in [-0.3, -0.25) is 9.48 Å². The fourth-order valence-electron chi connectivity index (χ4n) is 2.05. The number of carbonyl (C=O) groups excluding carboxylic acids is 1. The van der Waals surface area contributed by atoms with E-state index in [0.29, 0.717) is 11.6 Å². The lowest BCUT2D eigenvalue weighted by atomic mass is 10.3. The average molecular weight is 326 g/mol. The van der Waals surface area contributed by atoms with Gasteiger partial charge in [-0.1, -0.05) is 24.9 Å². The second-order valence-corrected chi connectivity index (χ2v) is 6.36. The van der Waals surface area contributed by atoms with Crippen LogP contribution < -0.4 is 5.32 Å². The third kappa shape index (κ3) is 3.86. The normalized spacial score (nSPS) is 10.9. The van der Waals surface area contributed by atoms with Crippen LogP contribution in [-0.4, -0.2) is 22.2 Å². The van der Waals surface area contributed by atoms with Crippen molar-refractivity contribution in [2.45, 2.75) is 40.2 Å². The number of aromatic nitrogens is 2. The van der Waals surface area contributed by atoms with Gasteiger partial charge in [-0.15, -0.1) is 11.3 Å². The van der Waals surface area contributed by atoms with Crippen molar-refractivity contribution < 1.29 is 4.79 Å². The van der Waals surface area contributed by atoms with Crippen LogP contribution >= 0.6 is 22.9 Å². The Balaban J connectivity index is 2.03. The standard InChI is InChI=1S/C15H20ClN3OS/c1-4-5-6-17-15(20)13-7-12(9-21-13)8-19-11(3)14(16)10(2)18-19/h7,9H,4-6,8H2,1-3H3,(H,17,20). The molecular weight excluding hydrogens is 306 g/mol. The Morgan fingerprint density at radius 1 is 1.48 bits per heavy atom. The molecule has 1 N–H and O–H groups in total. The van der Waals surface area contributed by atoms with Gasteiger partial charge in [0.15, 0.2) is 0 Å². The Hall–Kier alpha value is -1.33. The highest BCUT2D eigenvalue weighted by molar-refractivity contribution is 7.12. The zero-order valence-electron chi connectivity index (χ0n) is 12.6. The number of nitrogens with zero attached hydrogens (tertiary/aromatic N) is 2. The number of hydrogen-bond donors (Lipinski definition) is 1. The van der Waals surface area contributed by atoms with E-state index in [2.05, 4.69) is 17.3 Å². The molecule has 1 amide bonds. The van der Waals surface area contributed by atoms with Crippen LogP contribution in [0.1, 0.15) is 46.4 Å². The topological polar surface area (TPSA) is 46.9 Å². The number of unbranched alkanes of at least 4 members (excludes halogenated alkanes) is 1. The molecule has 2 rings (SSSR count). The van der Waals surface area contributed by atoms with Crippen LogP contribution in [0.4, 0.5) is 0 Å². The zero-order chi connectivity index (χ0) is 15.4. The van der Waals surface area contributed by atoms with Crippen LogP contribution in [-0.2, 0) is 6.54 Å². The van der Waals surface area contributed by atoms with Crippen LogP contribution in [0.25, 0.3) is 0 Å². The zero-order valence-corrected chi connectivity index (χ0v) is 14.1. The minimum absolute atomic E-state index is 0.00565. The Morgan fingerprint density at radius 3 is 2.86 bits per heavy atom. The molecular formula is C15H20ClN3OS. The number of hydrogen-bond acceptors (Lipinski definition) is 3. The van der Waals surface area contributed by atoms with E-state index in [1.807, 2.05) is 30.0 Å². The lowest BCUT2D eigenvalue weighted by Crippen LogP contribution is -2.23. The molecule has 0 radical (unpaired) electrons. The number of thiophene rings is 1. The molecule has 0 atom stereocenters. The summed E-state index contributed by atoms with van der Waals surface area (Å²) in [6.07, 6.45) is 2.09. The van der Waals surface area contributed by atoms with Crippen LogP contribution in [0.2, 0.25) is 5.02 Å². The van der Waals surface area contributed by atoms with Gasteiger partial charge < -0.3 is 5.32 Å². The van der Waals surface area contributed by atoms with Crippen molar-refractivity contribution >= 4 is 28.8 Å². The molecule has 2 heterocycles. The summed E-state index contributed by atoms with van der Waals surface area (Å²) in [5.74, 6) is 0.00565. The molecule has 2 aromatic rings. The summed E-state index contributed by atoms with van der Waals surface area (Å²) in [5.41, 5.74) is 2.86. The summed E-state index contributed by atoms with van der Waals surface area (Å²) in [5, 5.41) is 10.0. The van der Waals surface area contributed by atoms with Crippen molar-refractivity contribution in [3.05, 3.63) is 38.3 Å². The van der Waals surface area contributed by atoms with E-state index in [1.54, 1.807) is 0 Å². The summed E-state index contributed by atoms with van der Waals surface area (Å²) >= 11 is 7.61. The first-order valence-electron chi connectivity index (χ1n) is 7.08. The van der Waals surface area contributed by atoms with Crippen molar-refractivity contribution in [2.24, 2.45) is 0 Å². The summed E-state index contributed by atoms with van der Waals surface area (Å²) < 4.78 is 1.87. The number of amides is 1. The van der Waals surface area contributed by atoms with Gasteiger partial charge in [0.1, 0.15) is 0 Å². The van der Waals surface area contributed by atoms with E-state index in [-0.39, 0.29) is 5.91 Å². The van der Waals surface area contributed by atoms with Gasteiger partial charge in [-0.25, -0.2) is 0 Å². The van der Waals surface area contributed by atoms with Gasteiger partial charge in [-0.05, 0) is 37.3 Å². The minimum Gasteiger partial charge on any atom is -0.351 e. The molecule has 0 fully saturated rings. The first-order chi connectivity index (χ1) is 10.0. The van der Waals surface area contributed by atoms with E-state index in [0.717, 1.165) is 41.2 Å². The molecule has 0 aromatic carbocycles. The average Bonchev–Trinajstić information content (AvgIpc) is 3.01. The lowest BCUT2D eigenvalue weighted by molar-refractivity contribution is 0.0957. The highest BCUT2D eigenvalue weighted by Crippen LogP contribution is 2.21. The van der Waals surface area contributed by atoms with Gasteiger partial charge in [0.25, 0.3) is 5.91 Å². The number of aryl methyl sites for hydroxylation is 1. The maximum Gasteiger partial charge on any atom is 0.261 e.